The van der Waals surface area contributed by atoms with Crippen molar-refractivity contribution in [2.75, 3.05) is 6.61 Å². The van der Waals surface area contributed by atoms with E-state index in [2.05, 4.69) is 0 Å². The molecule has 0 aromatic heterocycles. The van der Waals surface area contributed by atoms with Crippen LogP contribution in [0, 0.1) is 17.3 Å². The van der Waals surface area contributed by atoms with Gasteiger partial charge in [0.05, 0.1) is 17.9 Å². The fourth-order valence-corrected chi connectivity index (χ4v) is 2.98. The number of cyclic esters (lactones) is 1. The van der Waals surface area contributed by atoms with Gasteiger partial charge in [-0.25, -0.2) is 0 Å². The number of hydrogen-bond acceptors (Lipinski definition) is 5. The van der Waals surface area contributed by atoms with Gasteiger partial charge in [-0.05, 0) is 32.6 Å². The summed E-state index contributed by atoms with van der Waals surface area (Å²) in [6.07, 6.45) is 1.87. The molecule has 0 aromatic carbocycles. The highest BCUT2D eigenvalue weighted by atomic mass is 16.5. The molecule has 0 bridgehead atoms. The van der Waals surface area contributed by atoms with Crippen molar-refractivity contribution in [2.24, 2.45) is 17.3 Å². The zero-order valence-corrected chi connectivity index (χ0v) is 12.3. The van der Waals surface area contributed by atoms with Crippen LogP contribution in [0.3, 0.4) is 0 Å². The summed E-state index contributed by atoms with van der Waals surface area (Å²) < 4.78 is 10.3. The Morgan fingerprint density at radius 2 is 2.05 bits per heavy atom. The van der Waals surface area contributed by atoms with Gasteiger partial charge >= 0.3 is 11.9 Å². The van der Waals surface area contributed by atoms with E-state index >= 15 is 0 Å². The molecule has 2 fully saturated rings. The molecule has 1 heterocycles. The van der Waals surface area contributed by atoms with E-state index in [1.165, 1.54) is 0 Å². The molecular formula is C15H22O5. The summed E-state index contributed by atoms with van der Waals surface area (Å²) in [6, 6.07) is 0. The van der Waals surface area contributed by atoms with Crippen molar-refractivity contribution in [1.29, 1.82) is 0 Å². The molecule has 0 aromatic rings. The van der Waals surface area contributed by atoms with E-state index in [4.69, 9.17) is 9.47 Å². The van der Waals surface area contributed by atoms with Gasteiger partial charge in [-0.1, -0.05) is 13.8 Å². The lowest BCUT2D eigenvalue weighted by Gasteiger charge is -2.35. The minimum atomic E-state index is -0.750. The van der Waals surface area contributed by atoms with Crippen LogP contribution in [0.2, 0.25) is 0 Å². The molecule has 0 spiro atoms. The van der Waals surface area contributed by atoms with Crippen LogP contribution in [0.15, 0.2) is 0 Å². The first-order chi connectivity index (χ1) is 9.36. The first-order valence-electron chi connectivity index (χ1n) is 7.27. The van der Waals surface area contributed by atoms with Gasteiger partial charge < -0.3 is 9.47 Å². The lowest BCUT2D eigenvalue weighted by Crippen LogP contribution is -2.46. The highest BCUT2D eigenvalue weighted by Crippen LogP contribution is 2.43. The molecule has 3 unspecified atom stereocenters. The number of carbonyl (C=O) groups excluding carboxylic acids is 3. The van der Waals surface area contributed by atoms with Gasteiger partial charge in [0.1, 0.15) is 0 Å². The quantitative estimate of drug-likeness (QED) is 0.739. The molecule has 1 saturated heterocycles. The molecule has 2 rings (SSSR count). The average Bonchev–Trinajstić information content (AvgIpc) is 2.73. The molecular weight excluding hydrogens is 260 g/mol. The van der Waals surface area contributed by atoms with Crippen LogP contribution < -0.4 is 0 Å². The predicted molar refractivity (Wildman–Crippen MR) is 70.7 cm³/mol. The van der Waals surface area contributed by atoms with E-state index in [1.54, 1.807) is 20.8 Å². The van der Waals surface area contributed by atoms with Crippen molar-refractivity contribution < 1.29 is 23.9 Å². The fourth-order valence-electron chi connectivity index (χ4n) is 2.98. The van der Waals surface area contributed by atoms with E-state index in [-0.39, 0.29) is 23.6 Å². The molecule has 20 heavy (non-hydrogen) atoms. The molecule has 112 valence electrons. The SMILES string of the molecule is CC(C)C(=O)OC1CCCC(C2(C)CCOC2=O)C1=O. The third kappa shape index (κ3) is 2.58. The zero-order valence-electron chi connectivity index (χ0n) is 12.3. The lowest BCUT2D eigenvalue weighted by atomic mass is 9.67. The van der Waals surface area contributed by atoms with Gasteiger partial charge in [0.2, 0.25) is 0 Å². The van der Waals surface area contributed by atoms with Crippen molar-refractivity contribution in [3.05, 3.63) is 0 Å². The van der Waals surface area contributed by atoms with Crippen LogP contribution in [0.1, 0.15) is 46.5 Å². The molecule has 1 aliphatic carbocycles. The Bertz CT molecular complexity index is 428. The Morgan fingerprint density at radius 3 is 2.60 bits per heavy atom. The average molecular weight is 282 g/mol. The highest BCUT2D eigenvalue weighted by molar-refractivity contribution is 5.94. The number of ketones is 1. The van der Waals surface area contributed by atoms with E-state index in [9.17, 15) is 14.4 Å². The minimum absolute atomic E-state index is 0.119. The van der Waals surface area contributed by atoms with Crippen LogP contribution in [0.25, 0.3) is 0 Å². The van der Waals surface area contributed by atoms with E-state index in [0.717, 1.165) is 6.42 Å². The molecule has 5 heteroatoms. The molecule has 1 saturated carbocycles. The van der Waals surface area contributed by atoms with Gasteiger partial charge in [0.15, 0.2) is 11.9 Å². The molecule has 1 aliphatic heterocycles. The van der Waals surface area contributed by atoms with Crippen LogP contribution in [0.5, 0.6) is 0 Å². The van der Waals surface area contributed by atoms with Crippen molar-refractivity contribution in [3.63, 3.8) is 0 Å². The number of ether oxygens (including phenoxy) is 2. The number of rotatable bonds is 3. The second-order valence-corrected chi connectivity index (χ2v) is 6.27. The largest absolute Gasteiger partial charge is 0.465 e. The smallest absolute Gasteiger partial charge is 0.312 e. The number of Topliss-reactive ketones (excluding diaryl/α,β-unsaturated/α-hetero) is 1. The van der Waals surface area contributed by atoms with Gasteiger partial charge in [-0.15, -0.1) is 0 Å². The topological polar surface area (TPSA) is 69.7 Å². The Kier molecular flexibility index (Phi) is 4.16. The van der Waals surface area contributed by atoms with Crippen LogP contribution >= 0.6 is 0 Å². The summed E-state index contributed by atoms with van der Waals surface area (Å²) in [4.78, 5) is 36.1. The second kappa shape index (κ2) is 5.54. The van der Waals surface area contributed by atoms with Crippen LogP contribution in [-0.4, -0.2) is 30.4 Å². The van der Waals surface area contributed by atoms with Gasteiger partial charge in [-0.3, -0.25) is 14.4 Å². The monoisotopic (exact) mass is 282 g/mol. The standard InChI is InChI=1S/C15H22O5/c1-9(2)13(17)20-11-6-4-5-10(12(11)16)15(3)7-8-19-14(15)18/h9-11H,4-8H2,1-3H3. The van der Waals surface area contributed by atoms with Crippen LogP contribution in [0.4, 0.5) is 0 Å². The summed E-state index contributed by atoms with van der Waals surface area (Å²) >= 11 is 0. The van der Waals surface area contributed by atoms with Crippen LogP contribution in [-0.2, 0) is 23.9 Å². The summed E-state index contributed by atoms with van der Waals surface area (Å²) in [5.74, 6) is -1.42. The molecule has 2 aliphatic rings. The second-order valence-electron chi connectivity index (χ2n) is 6.27. The summed E-state index contributed by atoms with van der Waals surface area (Å²) in [7, 11) is 0. The maximum absolute atomic E-state index is 12.5. The predicted octanol–water partition coefficient (Wildman–Crippen LogP) is 1.88. The summed E-state index contributed by atoms with van der Waals surface area (Å²) in [6.45, 7) is 5.64. The highest BCUT2D eigenvalue weighted by Gasteiger charge is 2.52. The lowest BCUT2D eigenvalue weighted by molar-refractivity contribution is -0.165. The maximum atomic E-state index is 12.5. The van der Waals surface area contributed by atoms with Gasteiger partial charge in [0, 0.05) is 5.92 Å². The Hall–Kier alpha value is -1.39. The van der Waals surface area contributed by atoms with Crippen molar-refractivity contribution in [1.82, 2.24) is 0 Å². The van der Waals surface area contributed by atoms with Gasteiger partial charge in [0.25, 0.3) is 0 Å². The number of esters is 2. The van der Waals surface area contributed by atoms with Crippen molar-refractivity contribution >= 4 is 17.7 Å². The molecule has 0 N–H and O–H groups in total. The van der Waals surface area contributed by atoms with Crippen molar-refractivity contribution in [2.45, 2.75) is 52.6 Å². The third-order valence-electron chi connectivity index (χ3n) is 4.44. The van der Waals surface area contributed by atoms with E-state index in [0.29, 0.717) is 25.9 Å². The number of carbonyl (C=O) groups is 3. The zero-order chi connectivity index (χ0) is 14.9. The Morgan fingerprint density at radius 1 is 1.35 bits per heavy atom. The Balaban J connectivity index is 2.11. The first kappa shape index (κ1) is 15.0. The summed E-state index contributed by atoms with van der Waals surface area (Å²) in [5, 5.41) is 0. The fraction of sp³-hybridized carbons (Fsp3) is 0.800. The van der Waals surface area contributed by atoms with E-state index in [1.807, 2.05) is 0 Å². The van der Waals surface area contributed by atoms with E-state index < -0.39 is 17.4 Å². The van der Waals surface area contributed by atoms with Gasteiger partial charge in [-0.2, -0.15) is 0 Å². The third-order valence-corrected chi connectivity index (χ3v) is 4.44. The number of hydrogen-bond donors (Lipinski definition) is 0. The minimum Gasteiger partial charge on any atom is -0.465 e. The molecule has 5 nitrogen and oxygen atoms in total. The summed E-state index contributed by atoms with van der Waals surface area (Å²) in [5.41, 5.74) is -0.750. The maximum Gasteiger partial charge on any atom is 0.312 e. The molecule has 3 atom stereocenters. The molecule has 0 amide bonds. The Labute approximate surface area is 119 Å². The molecule has 0 radical (unpaired) electrons. The first-order valence-corrected chi connectivity index (χ1v) is 7.27. The van der Waals surface area contributed by atoms with Crippen molar-refractivity contribution in [3.8, 4) is 0 Å². The normalized spacial score (nSPS) is 34.2.